The van der Waals surface area contributed by atoms with E-state index in [1.54, 1.807) is 0 Å². The van der Waals surface area contributed by atoms with Gasteiger partial charge in [-0.1, -0.05) is 25.7 Å². The zero-order chi connectivity index (χ0) is 11.0. The first-order valence-electron chi connectivity index (χ1n) is 7.13. The molecular weight excluding hydrogens is 198 g/mol. The number of carbonyl (C=O) groups excluding carboxylic acids is 1. The number of hydrogen-bond donors (Lipinski definition) is 1. The van der Waals surface area contributed by atoms with E-state index >= 15 is 0 Å². The van der Waals surface area contributed by atoms with Gasteiger partial charge in [0.15, 0.2) is 0 Å². The predicted octanol–water partition coefficient (Wildman–Crippen LogP) is 2.87. The van der Waals surface area contributed by atoms with E-state index in [9.17, 15) is 4.79 Å². The molecule has 3 atom stereocenters. The first-order chi connectivity index (χ1) is 7.83. The average Bonchev–Trinajstić information content (AvgIpc) is 3.12. The van der Waals surface area contributed by atoms with Gasteiger partial charge in [0.25, 0.3) is 0 Å². The summed E-state index contributed by atoms with van der Waals surface area (Å²) in [7, 11) is 0. The van der Waals surface area contributed by atoms with Crippen LogP contribution in [0.4, 0.5) is 0 Å². The maximum Gasteiger partial charge on any atom is 0.223 e. The summed E-state index contributed by atoms with van der Waals surface area (Å²) in [6.45, 7) is 0. The fraction of sp³-hybridized carbons (Fsp3) is 0.929. The number of nitrogens with one attached hydrogen (secondary N) is 1. The smallest absolute Gasteiger partial charge is 0.223 e. The number of hydrogen-bond acceptors (Lipinski definition) is 1. The Hall–Kier alpha value is -0.530. The maximum atomic E-state index is 11.7. The topological polar surface area (TPSA) is 29.1 Å². The summed E-state index contributed by atoms with van der Waals surface area (Å²) in [5.41, 5.74) is 0. The van der Waals surface area contributed by atoms with Crippen molar-refractivity contribution in [2.45, 2.75) is 63.8 Å². The van der Waals surface area contributed by atoms with Crippen LogP contribution in [0.1, 0.15) is 57.8 Å². The van der Waals surface area contributed by atoms with Crippen LogP contribution in [0.15, 0.2) is 0 Å². The molecule has 2 nitrogen and oxygen atoms in total. The standard InChI is InChI=1S/C14H23NO/c16-14(11-5-6-11)15-13-8-7-10-3-1-2-4-12(10)9-13/h10-13H,1-9H2,(H,15,16)/t10-,12-,13+/m0/s1. The summed E-state index contributed by atoms with van der Waals surface area (Å²) in [5, 5.41) is 3.27. The molecule has 3 aliphatic rings. The minimum absolute atomic E-state index is 0.347. The van der Waals surface area contributed by atoms with E-state index in [0.717, 1.165) is 24.7 Å². The lowest BCUT2D eigenvalue weighted by atomic mass is 9.69. The van der Waals surface area contributed by atoms with E-state index in [4.69, 9.17) is 0 Å². The second kappa shape index (κ2) is 4.38. The molecule has 0 aliphatic heterocycles. The number of carbonyl (C=O) groups is 1. The molecule has 90 valence electrons. The van der Waals surface area contributed by atoms with E-state index < -0.39 is 0 Å². The fourth-order valence-corrected chi connectivity index (χ4v) is 3.67. The van der Waals surface area contributed by atoms with Gasteiger partial charge in [-0.05, 0) is 43.9 Å². The second-order valence-corrected chi connectivity index (χ2v) is 6.10. The Bertz CT molecular complexity index is 272. The zero-order valence-electron chi connectivity index (χ0n) is 10.1. The third kappa shape index (κ3) is 2.26. The summed E-state index contributed by atoms with van der Waals surface area (Å²) < 4.78 is 0. The molecule has 3 saturated carbocycles. The van der Waals surface area contributed by atoms with Crippen molar-refractivity contribution in [1.82, 2.24) is 5.32 Å². The Labute approximate surface area is 98.2 Å². The van der Waals surface area contributed by atoms with Crippen molar-refractivity contribution < 1.29 is 4.79 Å². The average molecular weight is 221 g/mol. The molecular formula is C14H23NO. The van der Waals surface area contributed by atoms with Crippen molar-refractivity contribution in [2.75, 3.05) is 0 Å². The Morgan fingerprint density at radius 2 is 1.62 bits per heavy atom. The molecule has 0 heterocycles. The minimum atomic E-state index is 0.347. The van der Waals surface area contributed by atoms with Gasteiger partial charge in [0.2, 0.25) is 5.91 Å². The van der Waals surface area contributed by atoms with Crippen molar-refractivity contribution in [1.29, 1.82) is 0 Å². The first-order valence-corrected chi connectivity index (χ1v) is 7.13. The monoisotopic (exact) mass is 221 g/mol. The van der Waals surface area contributed by atoms with Crippen LogP contribution in [-0.4, -0.2) is 11.9 Å². The Kier molecular flexibility index (Phi) is 2.91. The van der Waals surface area contributed by atoms with E-state index in [0.29, 0.717) is 17.9 Å². The number of rotatable bonds is 2. The van der Waals surface area contributed by atoms with E-state index in [-0.39, 0.29) is 0 Å². The lowest BCUT2D eigenvalue weighted by Crippen LogP contribution is -2.42. The van der Waals surface area contributed by atoms with Gasteiger partial charge in [0, 0.05) is 12.0 Å². The Morgan fingerprint density at radius 3 is 2.38 bits per heavy atom. The highest BCUT2D eigenvalue weighted by atomic mass is 16.2. The molecule has 0 saturated heterocycles. The third-order valence-electron chi connectivity index (χ3n) is 4.83. The molecule has 0 radical (unpaired) electrons. The van der Waals surface area contributed by atoms with Crippen LogP contribution in [0.25, 0.3) is 0 Å². The first kappa shape index (κ1) is 10.6. The third-order valence-corrected chi connectivity index (χ3v) is 4.83. The summed E-state index contributed by atoms with van der Waals surface area (Å²) in [4.78, 5) is 11.7. The lowest BCUT2D eigenvalue weighted by Gasteiger charge is -2.39. The van der Waals surface area contributed by atoms with Gasteiger partial charge in [0.05, 0.1) is 0 Å². The lowest BCUT2D eigenvalue weighted by molar-refractivity contribution is -0.123. The zero-order valence-corrected chi connectivity index (χ0v) is 10.1. The summed E-state index contributed by atoms with van der Waals surface area (Å²) in [5.74, 6) is 2.64. The van der Waals surface area contributed by atoms with Gasteiger partial charge in [-0.2, -0.15) is 0 Å². The van der Waals surface area contributed by atoms with Crippen LogP contribution in [0.3, 0.4) is 0 Å². The number of fused-ring (bicyclic) bond motifs is 1. The van der Waals surface area contributed by atoms with Crippen molar-refractivity contribution in [2.24, 2.45) is 17.8 Å². The highest BCUT2D eigenvalue weighted by molar-refractivity contribution is 5.81. The Morgan fingerprint density at radius 1 is 0.875 bits per heavy atom. The van der Waals surface area contributed by atoms with Crippen LogP contribution in [0, 0.1) is 17.8 Å². The molecule has 1 N–H and O–H groups in total. The van der Waals surface area contributed by atoms with Crippen molar-refractivity contribution in [3.63, 3.8) is 0 Å². The normalized spacial score (nSPS) is 38.9. The van der Waals surface area contributed by atoms with Crippen LogP contribution >= 0.6 is 0 Å². The van der Waals surface area contributed by atoms with Crippen LogP contribution < -0.4 is 5.32 Å². The quantitative estimate of drug-likeness (QED) is 0.763. The predicted molar refractivity (Wildman–Crippen MR) is 64.0 cm³/mol. The van der Waals surface area contributed by atoms with Gasteiger partial charge in [-0.15, -0.1) is 0 Å². The van der Waals surface area contributed by atoms with Crippen LogP contribution in [0.2, 0.25) is 0 Å². The molecule has 3 rings (SSSR count). The molecule has 0 aromatic carbocycles. The van der Waals surface area contributed by atoms with Gasteiger partial charge < -0.3 is 5.32 Å². The molecule has 1 amide bonds. The van der Waals surface area contributed by atoms with Gasteiger partial charge in [0.1, 0.15) is 0 Å². The molecule has 0 spiro atoms. The molecule has 3 aliphatic carbocycles. The van der Waals surface area contributed by atoms with E-state index in [1.165, 1.54) is 44.9 Å². The van der Waals surface area contributed by atoms with Crippen LogP contribution in [-0.2, 0) is 4.79 Å². The molecule has 3 fully saturated rings. The highest BCUT2D eigenvalue weighted by Gasteiger charge is 2.35. The second-order valence-electron chi connectivity index (χ2n) is 6.10. The highest BCUT2D eigenvalue weighted by Crippen LogP contribution is 2.40. The van der Waals surface area contributed by atoms with Crippen molar-refractivity contribution in [3.8, 4) is 0 Å². The summed E-state index contributed by atoms with van der Waals surface area (Å²) in [6, 6.07) is 0.507. The van der Waals surface area contributed by atoms with Crippen LogP contribution in [0.5, 0.6) is 0 Å². The van der Waals surface area contributed by atoms with Gasteiger partial charge in [-0.3, -0.25) is 4.79 Å². The summed E-state index contributed by atoms with van der Waals surface area (Å²) in [6.07, 6.45) is 11.9. The minimum Gasteiger partial charge on any atom is -0.353 e. The summed E-state index contributed by atoms with van der Waals surface area (Å²) >= 11 is 0. The van der Waals surface area contributed by atoms with E-state index in [1.807, 2.05) is 0 Å². The molecule has 16 heavy (non-hydrogen) atoms. The van der Waals surface area contributed by atoms with Gasteiger partial charge >= 0.3 is 0 Å². The Balaban J connectivity index is 1.51. The largest absolute Gasteiger partial charge is 0.353 e. The molecule has 0 aromatic rings. The SMILES string of the molecule is O=C(N[C@@H]1CC[C@@H]2CCCC[C@H]2C1)C1CC1. The number of amides is 1. The van der Waals surface area contributed by atoms with Gasteiger partial charge in [-0.25, -0.2) is 0 Å². The van der Waals surface area contributed by atoms with Crippen molar-refractivity contribution in [3.05, 3.63) is 0 Å². The fourth-order valence-electron chi connectivity index (χ4n) is 3.67. The van der Waals surface area contributed by atoms with E-state index in [2.05, 4.69) is 5.32 Å². The van der Waals surface area contributed by atoms with Crippen molar-refractivity contribution >= 4 is 5.91 Å². The molecule has 0 bridgehead atoms. The molecule has 0 aromatic heterocycles. The molecule has 0 unspecified atom stereocenters. The maximum absolute atomic E-state index is 11.7. The molecule has 2 heteroatoms.